The molecule has 0 saturated carbocycles. The van der Waals surface area contributed by atoms with E-state index in [1.165, 1.54) is 5.52 Å². The lowest BCUT2D eigenvalue weighted by molar-refractivity contribution is 0.233. The number of para-hydroxylation sites is 2. The largest absolute Gasteiger partial charge is 0.486 e. The average Bonchev–Trinajstić information content (AvgIpc) is 3.06. The van der Waals surface area contributed by atoms with Crippen molar-refractivity contribution in [3.05, 3.63) is 59.4 Å². The van der Waals surface area contributed by atoms with E-state index in [1.54, 1.807) is 0 Å². The van der Waals surface area contributed by atoms with Gasteiger partial charge in [0.05, 0.1) is 11.0 Å². The second-order valence-electron chi connectivity index (χ2n) is 6.86. The van der Waals surface area contributed by atoms with Crippen LogP contribution in [-0.2, 0) is 13.2 Å². The number of halogens is 1. The number of rotatable bonds is 7. The van der Waals surface area contributed by atoms with Gasteiger partial charge in [-0.1, -0.05) is 23.7 Å². The quantitative estimate of drug-likeness (QED) is 0.676. The van der Waals surface area contributed by atoms with Crippen LogP contribution < -0.4 is 10.1 Å². The van der Waals surface area contributed by atoms with Gasteiger partial charge in [0.15, 0.2) is 0 Å². The second kappa shape index (κ2) is 8.74. The standard InChI is InChI=1S/C21H25ClN4O/c22-17-6-8-18(9-7-17)27-16-21-24-19-4-1-2-5-20(19)26(21)13-3-12-25-14-10-23-11-15-25/h1-2,4-9,23H,3,10-16H2. The normalized spacial score (nSPS) is 15.3. The third kappa shape index (κ3) is 4.61. The minimum atomic E-state index is 0.448. The molecule has 1 aliphatic heterocycles. The van der Waals surface area contributed by atoms with Crippen molar-refractivity contribution in [1.29, 1.82) is 0 Å². The van der Waals surface area contributed by atoms with Crippen LogP contribution in [0.4, 0.5) is 0 Å². The zero-order chi connectivity index (χ0) is 18.5. The van der Waals surface area contributed by atoms with Gasteiger partial charge in [-0.3, -0.25) is 0 Å². The minimum Gasteiger partial charge on any atom is -0.486 e. The summed E-state index contributed by atoms with van der Waals surface area (Å²) in [4.78, 5) is 7.33. The van der Waals surface area contributed by atoms with E-state index in [4.69, 9.17) is 21.3 Å². The molecule has 27 heavy (non-hydrogen) atoms. The molecule has 142 valence electrons. The molecule has 2 aromatic carbocycles. The topological polar surface area (TPSA) is 42.3 Å². The van der Waals surface area contributed by atoms with Crippen molar-refractivity contribution < 1.29 is 4.74 Å². The third-order valence-electron chi connectivity index (χ3n) is 4.98. The fourth-order valence-electron chi connectivity index (χ4n) is 3.55. The van der Waals surface area contributed by atoms with E-state index in [2.05, 4.69) is 33.0 Å². The molecule has 1 N–H and O–H groups in total. The summed E-state index contributed by atoms with van der Waals surface area (Å²) in [6.45, 7) is 6.97. The Bertz CT molecular complexity index is 872. The molecule has 0 spiro atoms. The summed E-state index contributed by atoms with van der Waals surface area (Å²) < 4.78 is 8.25. The number of fused-ring (bicyclic) bond motifs is 1. The Balaban J connectivity index is 1.45. The van der Waals surface area contributed by atoms with Gasteiger partial charge >= 0.3 is 0 Å². The van der Waals surface area contributed by atoms with E-state index in [1.807, 2.05) is 30.3 Å². The van der Waals surface area contributed by atoms with Crippen molar-refractivity contribution in [2.24, 2.45) is 0 Å². The molecule has 2 heterocycles. The Morgan fingerprint density at radius 3 is 2.59 bits per heavy atom. The van der Waals surface area contributed by atoms with Crippen LogP contribution in [0.2, 0.25) is 5.02 Å². The lowest BCUT2D eigenvalue weighted by atomic mass is 10.3. The van der Waals surface area contributed by atoms with E-state index in [0.29, 0.717) is 11.6 Å². The van der Waals surface area contributed by atoms with Gasteiger partial charge in [-0.15, -0.1) is 0 Å². The zero-order valence-electron chi connectivity index (χ0n) is 15.4. The molecule has 0 unspecified atom stereocenters. The first kappa shape index (κ1) is 18.3. The van der Waals surface area contributed by atoms with Crippen molar-refractivity contribution in [3.8, 4) is 5.75 Å². The summed E-state index contributed by atoms with van der Waals surface area (Å²) in [6.07, 6.45) is 1.11. The average molecular weight is 385 g/mol. The van der Waals surface area contributed by atoms with E-state index in [0.717, 1.165) is 62.8 Å². The summed E-state index contributed by atoms with van der Waals surface area (Å²) >= 11 is 5.95. The fourth-order valence-corrected chi connectivity index (χ4v) is 3.68. The Morgan fingerprint density at radius 2 is 1.78 bits per heavy atom. The van der Waals surface area contributed by atoms with Crippen molar-refractivity contribution in [1.82, 2.24) is 19.8 Å². The van der Waals surface area contributed by atoms with Gasteiger partial charge in [0, 0.05) is 37.7 Å². The minimum absolute atomic E-state index is 0.448. The predicted molar refractivity (Wildman–Crippen MR) is 109 cm³/mol. The number of aromatic nitrogens is 2. The highest BCUT2D eigenvalue weighted by Crippen LogP contribution is 2.20. The van der Waals surface area contributed by atoms with Gasteiger partial charge in [-0.2, -0.15) is 0 Å². The lowest BCUT2D eigenvalue weighted by Crippen LogP contribution is -2.43. The number of aryl methyl sites for hydroxylation is 1. The molecule has 0 bridgehead atoms. The number of nitrogens with zero attached hydrogens (tertiary/aromatic N) is 3. The summed E-state index contributed by atoms with van der Waals surface area (Å²) in [7, 11) is 0. The summed E-state index contributed by atoms with van der Waals surface area (Å²) in [5.41, 5.74) is 2.20. The molecule has 6 heteroatoms. The van der Waals surface area contributed by atoms with E-state index < -0.39 is 0 Å². The number of benzene rings is 2. The van der Waals surface area contributed by atoms with Crippen LogP contribution in [0.3, 0.4) is 0 Å². The molecule has 1 aliphatic rings. The van der Waals surface area contributed by atoms with Crippen LogP contribution in [0.25, 0.3) is 11.0 Å². The van der Waals surface area contributed by atoms with Crippen LogP contribution >= 0.6 is 11.6 Å². The van der Waals surface area contributed by atoms with E-state index in [9.17, 15) is 0 Å². The molecule has 5 nitrogen and oxygen atoms in total. The van der Waals surface area contributed by atoms with Gasteiger partial charge in [-0.25, -0.2) is 4.98 Å². The zero-order valence-corrected chi connectivity index (χ0v) is 16.2. The Hall–Kier alpha value is -2.08. The molecule has 1 aromatic heterocycles. The second-order valence-corrected chi connectivity index (χ2v) is 7.29. The van der Waals surface area contributed by atoms with Crippen LogP contribution in [-0.4, -0.2) is 47.2 Å². The highest BCUT2D eigenvalue weighted by Gasteiger charge is 2.13. The van der Waals surface area contributed by atoms with Crippen LogP contribution in [0.1, 0.15) is 12.2 Å². The molecular formula is C21H25ClN4O. The Labute approximate surface area is 164 Å². The number of hydrogen-bond acceptors (Lipinski definition) is 4. The molecule has 0 aliphatic carbocycles. The van der Waals surface area contributed by atoms with E-state index >= 15 is 0 Å². The maximum absolute atomic E-state index is 5.95. The van der Waals surface area contributed by atoms with Gasteiger partial charge in [-0.05, 0) is 49.4 Å². The maximum Gasteiger partial charge on any atom is 0.147 e. The Morgan fingerprint density at radius 1 is 1.00 bits per heavy atom. The number of ether oxygens (including phenoxy) is 1. The van der Waals surface area contributed by atoms with Gasteiger partial charge < -0.3 is 19.5 Å². The lowest BCUT2D eigenvalue weighted by Gasteiger charge is -2.27. The van der Waals surface area contributed by atoms with E-state index in [-0.39, 0.29) is 0 Å². The fraction of sp³-hybridized carbons (Fsp3) is 0.381. The highest BCUT2D eigenvalue weighted by atomic mass is 35.5. The van der Waals surface area contributed by atoms with Crippen molar-refractivity contribution >= 4 is 22.6 Å². The third-order valence-corrected chi connectivity index (χ3v) is 5.23. The molecule has 0 radical (unpaired) electrons. The molecule has 1 fully saturated rings. The molecule has 4 rings (SSSR count). The predicted octanol–water partition coefficient (Wildman–Crippen LogP) is 3.56. The van der Waals surface area contributed by atoms with Crippen LogP contribution in [0, 0.1) is 0 Å². The van der Waals surface area contributed by atoms with Crippen molar-refractivity contribution in [2.45, 2.75) is 19.6 Å². The number of nitrogens with one attached hydrogen (secondary N) is 1. The Kier molecular flexibility index (Phi) is 5.92. The highest BCUT2D eigenvalue weighted by molar-refractivity contribution is 6.30. The number of hydrogen-bond donors (Lipinski definition) is 1. The number of imidazole rings is 1. The van der Waals surface area contributed by atoms with Crippen molar-refractivity contribution in [3.63, 3.8) is 0 Å². The monoisotopic (exact) mass is 384 g/mol. The smallest absolute Gasteiger partial charge is 0.147 e. The summed E-state index contributed by atoms with van der Waals surface area (Å²) in [6, 6.07) is 15.8. The first-order valence-electron chi connectivity index (χ1n) is 9.55. The molecule has 1 saturated heterocycles. The summed E-state index contributed by atoms with van der Waals surface area (Å²) in [5.74, 6) is 1.77. The SMILES string of the molecule is Clc1ccc(OCc2nc3ccccc3n2CCCN2CCNCC2)cc1. The van der Waals surface area contributed by atoms with Crippen molar-refractivity contribution in [2.75, 3.05) is 32.7 Å². The molecule has 3 aromatic rings. The maximum atomic E-state index is 5.95. The molecular weight excluding hydrogens is 360 g/mol. The first-order valence-corrected chi connectivity index (χ1v) is 9.93. The van der Waals surface area contributed by atoms with Gasteiger partial charge in [0.1, 0.15) is 18.2 Å². The first-order chi connectivity index (χ1) is 13.3. The van der Waals surface area contributed by atoms with Gasteiger partial charge in [0.2, 0.25) is 0 Å². The van der Waals surface area contributed by atoms with Crippen LogP contribution in [0.5, 0.6) is 5.75 Å². The number of piperazine rings is 1. The summed E-state index contributed by atoms with van der Waals surface area (Å²) in [5, 5.41) is 4.12. The molecule has 0 atom stereocenters. The van der Waals surface area contributed by atoms with Gasteiger partial charge in [0.25, 0.3) is 0 Å². The molecule has 0 amide bonds. The van der Waals surface area contributed by atoms with Crippen LogP contribution in [0.15, 0.2) is 48.5 Å².